The normalized spacial score (nSPS) is 21.4. The van der Waals surface area contributed by atoms with Crippen molar-refractivity contribution >= 4 is 11.8 Å². The third kappa shape index (κ3) is 4.69. The summed E-state index contributed by atoms with van der Waals surface area (Å²) in [4.78, 5) is 22.4. The van der Waals surface area contributed by atoms with Crippen molar-refractivity contribution in [1.82, 2.24) is 0 Å². The van der Waals surface area contributed by atoms with Gasteiger partial charge in [-0.1, -0.05) is 31.2 Å². The summed E-state index contributed by atoms with van der Waals surface area (Å²) in [5.41, 5.74) is 2.17. The molecule has 1 fully saturated rings. The van der Waals surface area contributed by atoms with Gasteiger partial charge in [0.25, 0.3) is 0 Å². The van der Waals surface area contributed by atoms with E-state index in [9.17, 15) is 9.59 Å². The largest absolute Gasteiger partial charge is 0.466 e. The molecule has 1 aliphatic carbocycles. The maximum atomic E-state index is 11.7. The zero-order valence-electron chi connectivity index (χ0n) is 13.6. The molecule has 120 valence electrons. The van der Waals surface area contributed by atoms with Gasteiger partial charge in [0.1, 0.15) is 0 Å². The van der Waals surface area contributed by atoms with Crippen molar-refractivity contribution in [1.29, 1.82) is 0 Å². The van der Waals surface area contributed by atoms with E-state index in [1.165, 1.54) is 38.2 Å². The molecule has 0 heterocycles. The molecule has 1 aromatic rings. The standard InChI is InChI=1S/C19H26O3/c1-3-19(21)18-10-8-17(9-11-18)16-6-4-15(5-7-16)12-13-22-14(2)20/h8-11,15-16H,3-7,12-13H2,1-2H3. The first-order valence-electron chi connectivity index (χ1n) is 8.36. The predicted octanol–water partition coefficient (Wildman–Crippen LogP) is 4.51. The number of ketones is 1. The molecular weight excluding hydrogens is 276 g/mol. The van der Waals surface area contributed by atoms with Crippen LogP contribution in [0.4, 0.5) is 0 Å². The number of hydrogen-bond acceptors (Lipinski definition) is 3. The fourth-order valence-corrected chi connectivity index (χ4v) is 3.30. The topological polar surface area (TPSA) is 43.4 Å². The lowest BCUT2D eigenvalue weighted by Crippen LogP contribution is -2.15. The summed E-state index contributed by atoms with van der Waals surface area (Å²) in [7, 11) is 0. The zero-order valence-corrected chi connectivity index (χ0v) is 13.6. The number of carbonyl (C=O) groups is 2. The summed E-state index contributed by atoms with van der Waals surface area (Å²) < 4.78 is 5.03. The highest BCUT2D eigenvalue weighted by atomic mass is 16.5. The van der Waals surface area contributed by atoms with Gasteiger partial charge in [0.2, 0.25) is 0 Å². The van der Waals surface area contributed by atoms with E-state index in [0.29, 0.717) is 24.9 Å². The number of rotatable bonds is 6. The maximum Gasteiger partial charge on any atom is 0.302 e. The summed E-state index contributed by atoms with van der Waals surface area (Å²) in [6, 6.07) is 8.17. The Bertz CT molecular complexity index is 496. The van der Waals surface area contributed by atoms with Crippen molar-refractivity contribution in [2.45, 2.75) is 58.3 Å². The second kappa shape index (κ2) is 8.11. The summed E-state index contributed by atoms with van der Waals surface area (Å²) in [6.45, 7) is 3.91. The van der Waals surface area contributed by atoms with Crippen molar-refractivity contribution in [3.05, 3.63) is 35.4 Å². The van der Waals surface area contributed by atoms with E-state index in [4.69, 9.17) is 4.74 Å². The van der Waals surface area contributed by atoms with Crippen molar-refractivity contribution in [2.24, 2.45) is 5.92 Å². The van der Waals surface area contributed by atoms with Crippen molar-refractivity contribution in [2.75, 3.05) is 6.61 Å². The van der Waals surface area contributed by atoms with Crippen LogP contribution in [0.5, 0.6) is 0 Å². The molecule has 3 nitrogen and oxygen atoms in total. The predicted molar refractivity (Wildman–Crippen MR) is 87.0 cm³/mol. The van der Waals surface area contributed by atoms with Gasteiger partial charge in [0.05, 0.1) is 6.61 Å². The van der Waals surface area contributed by atoms with Gasteiger partial charge < -0.3 is 4.74 Å². The molecule has 0 aliphatic heterocycles. The van der Waals surface area contributed by atoms with Gasteiger partial charge in [-0.3, -0.25) is 9.59 Å². The first-order chi connectivity index (χ1) is 10.6. The number of carbonyl (C=O) groups excluding carboxylic acids is 2. The van der Waals surface area contributed by atoms with Gasteiger partial charge in [0.15, 0.2) is 5.78 Å². The SMILES string of the molecule is CCC(=O)c1ccc(C2CCC(CCOC(C)=O)CC2)cc1. The Morgan fingerprint density at radius 3 is 2.27 bits per heavy atom. The van der Waals surface area contributed by atoms with Crippen molar-refractivity contribution in [3.8, 4) is 0 Å². The molecule has 0 amide bonds. The van der Waals surface area contributed by atoms with Crippen LogP contribution >= 0.6 is 0 Å². The van der Waals surface area contributed by atoms with Crippen LogP contribution in [-0.2, 0) is 9.53 Å². The first kappa shape index (κ1) is 16.7. The molecule has 1 aliphatic rings. The van der Waals surface area contributed by atoms with E-state index < -0.39 is 0 Å². The Hall–Kier alpha value is -1.64. The minimum absolute atomic E-state index is 0.185. The molecule has 1 saturated carbocycles. The average Bonchev–Trinajstić information content (AvgIpc) is 2.54. The van der Waals surface area contributed by atoms with Gasteiger partial charge in [-0.25, -0.2) is 0 Å². The van der Waals surface area contributed by atoms with Crippen molar-refractivity contribution < 1.29 is 14.3 Å². The smallest absolute Gasteiger partial charge is 0.302 e. The van der Waals surface area contributed by atoms with Crippen LogP contribution < -0.4 is 0 Å². The van der Waals surface area contributed by atoms with Gasteiger partial charge >= 0.3 is 5.97 Å². The van der Waals surface area contributed by atoms with Crippen LogP contribution in [0.2, 0.25) is 0 Å². The third-order valence-electron chi connectivity index (χ3n) is 4.70. The summed E-state index contributed by atoms with van der Waals surface area (Å²) >= 11 is 0. The number of benzene rings is 1. The Balaban J connectivity index is 1.81. The van der Waals surface area contributed by atoms with E-state index >= 15 is 0 Å². The van der Waals surface area contributed by atoms with Crippen LogP contribution in [0.25, 0.3) is 0 Å². The molecule has 0 saturated heterocycles. The lowest BCUT2D eigenvalue weighted by molar-refractivity contribution is -0.141. The average molecular weight is 302 g/mol. The number of Topliss-reactive ketones (excluding diaryl/α,β-unsaturated/α-hetero) is 1. The molecule has 2 rings (SSSR count). The fraction of sp³-hybridized carbons (Fsp3) is 0.579. The Morgan fingerprint density at radius 2 is 1.73 bits per heavy atom. The van der Waals surface area contributed by atoms with Crippen LogP contribution in [0, 0.1) is 5.92 Å². The molecule has 0 spiro atoms. The second-order valence-electron chi connectivity index (χ2n) is 6.25. The highest BCUT2D eigenvalue weighted by Gasteiger charge is 2.22. The van der Waals surface area contributed by atoms with Gasteiger partial charge in [0, 0.05) is 18.9 Å². The number of ether oxygens (including phenoxy) is 1. The molecule has 0 aromatic heterocycles. The third-order valence-corrected chi connectivity index (χ3v) is 4.70. The van der Waals surface area contributed by atoms with E-state index in [-0.39, 0.29) is 11.8 Å². The number of hydrogen-bond donors (Lipinski definition) is 0. The van der Waals surface area contributed by atoms with Crippen LogP contribution in [0.3, 0.4) is 0 Å². The maximum absolute atomic E-state index is 11.7. The molecular formula is C19H26O3. The Kier molecular flexibility index (Phi) is 6.17. The molecule has 0 atom stereocenters. The van der Waals surface area contributed by atoms with Gasteiger partial charge in [-0.05, 0) is 49.5 Å². The highest BCUT2D eigenvalue weighted by Crippen LogP contribution is 2.37. The molecule has 0 radical (unpaired) electrons. The van der Waals surface area contributed by atoms with Crippen molar-refractivity contribution in [3.63, 3.8) is 0 Å². The fourth-order valence-electron chi connectivity index (χ4n) is 3.30. The highest BCUT2D eigenvalue weighted by molar-refractivity contribution is 5.95. The molecule has 1 aromatic carbocycles. The van der Waals surface area contributed by atoms with Crippen LogP contribution in [-0.4, -0.2) is 18.4 Å². The minimum Gasteiger partial charge on any atom is -0.466 e. The summed E-state index contributed by atoms with van der Waals surface area (Å²) in [5.74, 6) is 1.31. The number of esters is 1. The van der Waals surface area contributed by atoms with E-state index in [1.807, 2.05) is 19.1 Å². The van der Waals surface area contributed by atoms with Crippen LogP contribution in [0.1, 0.15) is 74.2 Å². The zero-order chi connectivity index (χ0) is 15.9. The van der Waals surface area contributed by atoms with E-state index in [0.717, 1.165) is 12.0 Å². The molecule has 0 bridgehead atoms. The van der Waals surface area contributed by atoms with Crippen LogP contribution in [0.15, 0.2) is 24.3 Å². The molecule has 22 heavy (non-hydrogen) atoms. The first-order valence-corrected chi connectivity index (χ1v) is 8.36. The van der Waals surface area contributed by atoms with Gasteiger partial charge in [-0.2, -0.15) is 0 Å². The van der Waals surface area contributed by atoms with E-state index in [2.05, 4.69) is 12.1 Å². The lowest BCUT2D eigenvalue weighted by atomic mass is 9.77. The summed E-state index contributed by atoms with van der Waals surface area (Å²) in [5, 5.41) is 0. The molecule has 0 N–H and O–H groups in total. The quantitative estimate of drug-likeness (QED) is 0.574. The Labute approximate surface area is 133 Å². The molecule has 3 heteroatoms. The van der Waals surface area contributed by atoms with E-state index in [1.54, 1.807) is 0 Å². The Morgan fingerprint density at radius 1 is 1.09 bits per heavy atom. The lowest BCUT2D eigenvalue weighted by Gasteiger charge is -2.28. The monoisotopic (exact) mass is 302 g/mol. The molecule has 0 unspecified atom stereocenters. The summed E-state index contributed by atoms with van der Waals surface area (Å²) in [6.07, 6.45) is 6.31. The minimum atomic E-state index is -0.185. The second-order valence-corrected chi connectivity index (χ2v) is 6.25. The van der Waals surface area contributed by atoms with Gasteiger partial charge in [-0.15, -0.1) is 0 Å².